The molecule has 1 fully saturated rings. The monoisotopic (exact) mass is 280 g/mol. The van der Waals surface area contributed by atoms with E-state index in [1.54, 1.807) is 21.3 Å². The van der Waals surface area contributed by atoms with Crippen molar-refractivity contribution in [2.75, 3.05) is 21.3 Å². The van der Waals surface area contributed by atoms with E-state index >= 15 is 0 Å². The second-order valence-electron chi connectivity index (χ2n) is 5.15. The number of ether oxygens (including phenoxy) is 3. The van der Waals surface area contributed by atoms with Crippen LogP contribution in [-0.2, 0) is 21.6 Å². The molecule has 0 amide bonds. The van der Waals surface area contributed by atoms with E-state index in [4.69, 9.17) is 19.3 Å². The molecule has 1 saturated carbocycles. The van der Waals surface area contributed by atoms with Gasteiger partial charge in [-0.15, -0.1) is 0 Å². The van der Waals surface area contributed by atoms with Gasteiger partial charge in [0.2, 0.25) is 0 Å². The molecule has 1 aromatic carbocycles. The summed E-state index contributed by atoms with van der Waals surface area (Å²) >= 11 is 0. The lowest BCUT2D eigenvalue weighted by molar-refractivity contribution is -0.137. The fourth-order valence-corrected chi connectivity index (χ4v) is 2.62. The molecule has 0 aromatic heterocycles. The van der Waals surface area contributed by atoms with Crippen LogP contribution >= 0.6 is 0 Å². The van der Waals surface area contributed by atoms with Gasteiger partial charge in [-0.3, -0.25) is 4.79 Å². The van der Waals surface area contributed by atoms with Crippen LogP contribution in [0.1, 0.15) is 30.4 Å². The molecule has 20 heavy (non-hydrogen) atoms. The van der Waals surface area contributed by atoms with Crippen molar-refractivity contribution in [1.29, 1.82) is 0 Å². The molecule has 0 heterocycles. The van der Waals surface area contributed by atoms with E-state index in [0.717, 1.165) is 24.0 Å². The van der Waals surface area contributed by atoms with Gasteiger partial charge in [-0.1, -0.05) is 0 Å². The summed E-state index contributed by atoms with van der Waals surface area (Å²) in [6.07, 6.45) is 1.93. The third-order valence-electron chi connectivity index (χ3n) is 3.81. The Balaban J connectivity index is 2.44. The van der Waals surface area contributed by atoms with Crippen molar-refractivity contribution in [2.45, 2.75) is 31.3 Å². The summed E-state index contributed by atoms with van der Waals surface area (Å²) < 4.78 is 15.9. The van der Waals surface area contributed by atoms with Crippen LogP contribution in [0.15, 0.2) is 12.1 Å². The maximum Gasteiger partial charge on any atom is 0.304 e. The first-order chi connectivity index (χ1) is 9.56. The van der Waals surface area contributed by atoms with Crippen molar-refractivity contribution in [3.05, 3.63) is 23.3 Å². The van der Waals surface area contributed by atoms with E-state index in [1.165, 1.54) is 0 Å². The summed E-state index contributed by atoms with van der Waals surface area (Å²) in [4.78, 5) is 11.0. The number of hydrogen-bond donors (Lipinski definition) is 1. The molecule has 0 atom stereocenters. The predicted octanol–water partition coefficient (Wildman–Crippen LogP) is 2.36. The molecule has 0 spiro atoms. The number of benzene rings is 1. The summed E-state index contributed by atoms with van der Waals surface area (Å²) in [6.45, 7) is 0.399. The zero-order chi connectivity index (χ0) is 14.8. The largest absolute Gasteiger partial charge is 0.493 e. The van der Waals surface area contributed by atoms with Gasteiger partial charge >= 0.3 is 5.97 Å². The highest BCUT2D eigenvalue weighted by Gasteiger charge is 2.46. The van der Waals surface area contributed by atoms with Crippen LogP contribution in [0, 0.1) is 0 Å². The molecule has 0 aliphatic heterocycles. The van der Waals surface area contributed by atoms with Crippen LogP contribution in [0.25, 0.3) is 0 Å². The quantitative estimate of drug-likeness (QED) is 0.830. The topological polar surface area (TPSA) is 65.0 Å². The molecule has 5 heteroatoms. The van der Waals surface area contributed by atoms with Crippen LogP contribution in [-0.4, -0.2) is 32.4 Å². The minimum absolute atomic E-state index is 0.148. The van der Waals surface area contributed by atoms with Gasteiger partial charge in [-0.25, -0.2) is 0 Å². The molecule has 1 aliphatic carbocycles. The highest BCUT2D eigenvalue weighted by atomic mass is 16.5. The number of aliphatic carboxylic acids is 1. The Morgan fingerprint density at radius 1 is 1.25 bits per heavy atom. The third-order valence-corrected chi connectivity index (χ3v) is 3.81. The van der Waals surface area contributed by atoms with Gasteiger partial charge in [0, 0.05) is 18.1 Å². The van der Waals surface area contributed by atoms with Gasteiger partial charge < -0.3 is 19.3 Å². The van der Waals surface area contributed by atoms with E-state index in [0.29, 0.717) is 18.1 Å². The molecule has 0 radical (unpaired) electrons. The zero-order valence-electron chi connectivity index (χ0n) is 12.1. The lowest BCUT2D eigenvalue weighted by Crippen LogP contribution is -2.14. The van der Waals surface area contributed by atoms with Crippen LogP contribution in [0.3, 0.4) is 0 Å². The summed E-state index contributed by atoms with van der Waals surface area (Å²) in [7, 11) is 4.78. The summed E-state index contributed by atoms with van der Waals surface area (Å²) in [5, 5.41) is 9.07. The lowest BCUT2D eigenvalue weighted by atomic mass is 9.90. The Bertz CT molecular complexity index is 505. The van der Waals surface area contributed by atoms with E-state index in [9.17, 15) is 4.79 Å². The van der Waals surface area contributed by atoms with E-state index in [1.807, 2.05) is 12.1 Å². The number of hydrogen-bond acceptors (Lipinski definition) is 4. The first-order valence-electron chi connectivity index (χ1n) is 6.52. The first kappa shape index (κ1) is 14.7. The second-order valence-corrected chi connectivity index (χ2v) is 5.15. The molecule has 0 bridgehead atoms. The van der Waals surface area contributed by atoms with Gasteiger partial charge in [0.15, 0.2) is 11.5 Å². The van der Waals surface area contributed by atoms with E-state index < -0.39 is 5.97 Å². The van der Waals surface area contributed by atoms with Crippen LogP contribution < -0.4 is 9.47 Å². The van der Waals surface area contributed by atoms with Crippen molar-refractivity contribution >= 4 is 5.97 Å². The van der Waals surface area contributed by atoms with Crippen molar-refractivity contribution in [3.8, 4) is 11.5 Å². The number of carboxylic acid groups (broad SMARTS) is 1. The van der Waals surface area contributed by atoms with Gasteiger partial charge in [0.25, 0.3) is 0 Å². The highest BCUT2D eigenvalue weighted by Crippen LogP contribution is 2.53. The fraction of sp³-hybridized carbons (Fsp3) is 0.533. The number of methoxy groups -OCH3 is 3. The van der Waals surface area contributed by atoms with E-state index in [2.05, 4.69) is 0 Å². The molecule has 0 unspecified atom stereocenters. The Kier molecular flexibility index (Phi) is 4.18. The maximum absolute atomic E-state index is 11.0. The number of carbonyl (C=O) groups is 1. The van der Waals surface area contributed by atoms with E-state index in [-0.39, 0.29) is 11.8 Å². The van der Waals surface area contributed by atoms with Crippen LogP contribution in [0.4, 0.5) is 0 Å². The fourth-order valence-electron chi connectivity index (χ4n) is 2.62. The number of rotatable bonds is 7. The highest BCUT2D eigenvalue weighted by molar-refractivity contribution is 5.70. The normalized spacial score (nSPS) is 15.8. The summed E-state index contributed by atoms with van der Waals surface area (Å²) in [5.41, 5.74) is 1.61. The molecule has 1 aliphatic rings. The summed E-state index contributed by atoms with van der Waals surface area (Å²) in [6, 6.07) is 3.86. The smallest absolute Gasteiger partial charge is 0.304 e. The first-order valence-corrected chi connectivity index (χ1v) is 6.52. The van der Waals surface area contributed by atoms with Crippen molar-refractivity contribution < 1.29 is 24.1 Å². The van der Waals surface area contributed by atoms with Gasteiger partial charge in [0.1, 0.15) is 0 Å². The third kappa shape index (κ3) is 2.72. The van der Waals surface area contributed by atoms with Crippen molar-refractivity contribution in [3.63, 3.8) is 0 Å². The zero-order valence-corrected chi connectivity index (χ0v) is 12.1. The minimum Gasteiger partial charge on any atom is -0.493 e. The lowest BCUT2D eigenvalue weighted by Gasteiger charge is -2.19. The second kappa shape index (κ2) is 5.71. The van der Waals surface area contributed by atoms with Crippen molar-refractivity contribution in [2.24, 2.45) is 0 Å². The average Bonchev–Trinajstić information content (AvgIpc) is 3.18. The Labute approximate surface area is 118 Å². The SMILES string of the molecule is COCc1cc(C2(CC(=O)O)CC2)cc(OC)c1OC. The standard InChI is InChI=1S/C15H20O5/c1-18-9-10-6-11(7-12(19-2)14(10)20-3)15(4-5-15)8-13(16)17/h6-7H,4-5,8-9H2,1-3H3,(H,16,17). The summed E-state index contributed by atoms with van der Waals surface area (Å²) in [5.74, 6) is 0.489. The predicted molar refractivity (Wildman–Crippen MR) is 73.4 cm³/mol. The van der Waals surface area contributed by atoms with Gasteiger partial charge in [-0.2, -0.15) is 0 Å². The van der Waals surface area contributed by atoms with Gasteiger partial charge in [-0.05, 0) is 30.5 Å². The molecule has 2 rings (SSSR count). The molecule has 1 N–H and O–H groups in total. The maximum atomic E-state index is 11.0. The molecular formula is C15H20O5. The van der Waals surface area contributed by atoms with Crippen LogP contribution in [0.5, 0.6) is 11.5 Å². The minimum atomic E-state index is -0.773. The van der Waals surface area contributed by atoms with Crippen molar-refractivity contribution in [1.82, 2.24) is 0 Å². The average molecular weight is 280 g/mol. The molecule has 5 nitrogen and oxygen atoms in total. The Hall–Kier alpha value is -1.75. The van der Waals surface area contributed by atoms with Gasteiger partial charge in [0.05, 0.1) is 27.2 Å². The Morgan fingerprint density at radius 2 is 1.95 bits per heavy atom. The molecular weight excluding hydrogens is 260 g/mol. The number of carboxylic acids is 1. The van der Waals surface area contributed by atoms with Crippen LogP contribution in [0.2, 0.25) is 0 Å². The molecule has 110 valence electrons. The Morgan fingerprint density at radius 3 is 2.40 bits per heavy atom. The molecule has 0 saturated heterocycles. The molecule has 1 aromatic rings.